The van der Waals surface area contributed by atoms with Crippen molar-refractivity contribution < 1.29 is 0 Å². The minimum Gasteiger partial charge on any atom is -0.0880 e. The molecule has 1 fully saturated rings. The molecule has 1 aliphatic rings. The molecule has 0 aromatic heterocycles. The Bertz CT molecular complexity index is 408. The van der Waals surface area contributed by atoms with Crippen LogP contribution in [0.3, 0.4) is 0 Å². The molecule has 0 heterocycles. The van der Waals surface area contributed by atoms with E-state index in [0.717, 1.165) is 11.2 Å². The van der Waals surface area contributed by atoms with Crippen LogP contribution in [0.15, 0.2) is 29.8 Å². The molecule has 0 aliphatic heterocycles. The summed E-state index contributed by atoms with van der Waals surface area (Å²) in [5.41, 5.74) is 4.36. The second-order valence-corrected chi connectivity index (χ2v) is 6.57. The van der Waals surface area contributed by atoms with E-state index in [0.29, 0.717) is 5.92 Å². The van der Waals surface area contributed by atoms with Crippen LogP contribution in [0.1, 0.15) is 63.0 Å². The van der Waals surface area contributed by atoms with Crippen LogP contribution in [-0.2, 0) is 0 Å². The van der Waals surface area contributed by atoms with Crippen LogP contribution in [0.5, 0.6) is 0 Å². The quantitative estimate of drug-likeness (QED) is 0.582. The molecule has 1 heteroatoms. The third-order valence-corrected chi connectivity index (χ3v) is 4.89. The molecule has 0 nitrogen and oxygen atoms in total. The van der Waals surface area contributed by atoms with Crippen LogP contribution in [0.2, 0.25) is 0 Å². The highest BCUT2D eigenvalue weighted by molar-refractivity contribution is 9.09. The topological polar surface area (TPSA) is 0 Å². The van der Waals surface area contributed by atoms with Gasteiger partial charge in [-0.25, -0.2) is 0 Å². The summed E-state index contributed by atoms with van der Waals surface area (Å²) in [7, 11) is 0. The molecule has 19 heavy (non-hydrogen) atoms. The van der Waals surface area contributed by atoms with E-state index in [1.165, 1.54) is 43.2 Å². The predicted octanol–water partition coefficient (Wildman–Crippen LogP) is 6.17. The zero-order valence-electron chi connectivity index (χ0n) is 12.2. The zero-order valence-corrected chi connectivity index (χ0v) is 13.7. The van der Waals surface area contributed by atoms with Gasteiger partial charge in [0.05, 0.1) is 0 Å². The summed E-state index contributed by atoms with van der Waals surface area (Å²) >= 11 is 3.68. The maximum atomic E-state index is 3.68. The fourth-order valence-corrected chi connectivity index (χ4v) is 3.55. The van der Waals surface area contributed by atoms with Gasteiger partial charge in [0.2, 0.25) is 0 Å². The Morgan fingerprint density at radius 1 is 1.16 bits per heavy atom. The Labute approximate surface area is 126 Å². The van der Waals surface area contributed by atoms with E-state index in [1.54, 1.807) is 5.57 Å². The Kier molecular flexibility index (Phi) is 5.69. The van der Waals surface area contributed by atoms with Gasteiger partial charge in [0.1, 0.15) is 0 Å². The minimum atomic E-state index is 0.618. The molecule has 1 aromatic carbocycles. The highest BCUT2D eigenvalue weighted by atomic mass is 79.9. The summed E-state index contributed by atoms with van der Waals surface area (Å²) in [6.45, 7) is 4.49. The minimum absolute atomic E-state index is 0.618. The lowest BCUT2D eigenvalue weighted by Crippen LogP contribution is -2.10. The van der Waals surface area contributed by atoms with Crippen molar-refractivity contribution in [3.63, 3.8) is 0 Å². The van der Waals surface area contributed by atoms with Gasteiger partial charge in [0, 0.05) is 5.33 Å². The van der Waals surface area contributed by atoms with Gasteiger partial charge < -0.3 is 0 Å². The molecular formula is C18H25Br. The molecule has 104 valence electrons. The molecule has 1 aromatic rings. The normalized spacial score (nSPS) is 18.0. The monoisotopic (exact) mass is 320 g/mol. The summed E-state index contributed by atoms with van der Waals surface area (Å²) in [4.78, 5) is 0. The second kappa shape index (κ2) is 7.28. The number of hydrogen-bond donors (Lipinski definition) is 0. The highest BCUT2D eigenvalue weighted by Gasteiger charge is 2.16. The predicted molar refractivity (Wildman–Crippen MR) is 88.9 cm³/mol. The van der Waals surface area contributed by atoms with Gasteiger partial charge in [-0.3, -0.25) is 0 Å². The van der Waals surface area contributed by atoms with Gasteiger partial charge >= 0.3 is 0 Å². The smallest absolute Gasteiger partial charge is 0.0247 e. The number of halogens is 1. The molecule has 0 saturated heterocycles. The first-order valence-electron chi connectivity index (χ1n) is 7.57. The van der Waals surface area contributed by atoms with Crippen molar-refractivity contribution in [3.8, 4) is 0 Å². The average molecular weight is 321 g/mol. The summed E-state index contributed by atoms with van der Waals surface area (Å²) in [5.74, 6) is 1.42. The summed E-state index contributed by atoms with van der Waals surface area (Å²) < 4.78 is 0. The van der Waals surface area contributed by atoms with E-state index < -0.39 is 0 Å². The molecule has 0 spiro atoms. The SMILES string of the molecule is CC(C)c1ccc(C=C(CBr)C2CCCCC2)cc1. The lowest BCUT2D eigenvalue weighted by atomic mass is 9.83. The van der Waals surface area contributed by atoms with Crippen molar-refractivity contribution >= 4 is 22.0 Å². The van der Waals surface area contributed by atoms with Gasteiger partial charge in [0.15, 0.2) is 0 Å². The lowest BCUT2D eigenvalue weighted by molar-refractivity contribution is 0.405. The van der Waals surface area contributed by atoms with Crippen LogP contribution in [0.4, 0.5) is 0 Å². The standard InChI is InChI=1S/C18H25Br/c1-14(2)16-10-8-15(9-11-16)12-18(13-19)17-6-4-3-5-7-17/h8-12,14,17H,3-7,13H2,1-2H3. The number of alkyl halides is 1. The van der Waals surface area contributed by atoms with Crippen LogP contribution in [0.25, 0.3) is 6.08 Å². The molecule has 0 atom stereocenters. The van der Waals surface area contributed by atoms with E-state index in [1.807, 2.05) is 0 Å². The Hall–Kier alpha value is -0.560. The van der Waals surface area contributed by atoms with Crippen molar-refractivity contribution in [2.24, 2.45) is 5.92 Å². The summed E-state index contributed by atoms with van der Waals surface area (Å²) in [5, 5.41) is 1.02. The molecular weight excluding hydrogens is 296 g/mol. The molecule has 1 aliphatic carbocycles. The van der Waals surface area contributed by atoms with Crippen molar-refractivity contribution in [3.05, 3.63) is 41.0 Å². The average Bonchev–Trinajstić information content (AvgIpc) is 2.46. The Morgan fingerprint density at radius 2 is 1.79 bits per heavy atom. The van der Waals surface area contributed by atoms with E-state index in [-0.39, 0.29) is 0 Å². The largest absolute Gasteiger partial charge is 0.0880 e. The molecule has 0 bridgehead atoms. The molecule has 1 saturated carbocycles. The number of rotatable bonds is 4. The van der Waals surface area contributed by atoms with Gasteiger partial charge in [-0.1, -0.05) is 85.0 Å². The lowest BCUT2D eigenvalue weighted by Gasteiger charge is -2.23. The van der Waals surface area contributed by atoms with E-state index >= 15 is 0 Å². The molecule has 0 radical (unpaired) electrons. The van der Waals surface area contributed by atoms with E-state index in [2.05, 4.69) is 60.1 Å². The summed E-state index contributed by atoms with van der Waals surface area (Å²) in [6.07, 6.45) is 9.38. The van der Waals surface area contributed by atoms with Crippen molar-refractivity contribution in [1.29, 1.82) is 0 Å². The van der Waals surface area contributed by atoms with Crippen LogP contribution < -0.4 is 0 Å². The third kappa shape index (κ3) is 4.21. The van der Waals surface area contributed by atoms with E-state index in [4.69, 9.17) is 0 Å². The van der Waals surface area contributed by atoms with Gasteiger partial charge in [-0.2, -0.15) is 0 Å². The number of allylic oxidation sites excluding steroid dienone is 1. The molecule has 2 rings (SSSR count). The van der Waals surface area contributed by atoms with Crippen LogP contribution in [0, 0.1) is 5.92 Å². The number of benzene rings is 1. The first kappa shape index (κ1) is 14.8. The first-order valence-corrected chi connectivity index (χ1v) is 8.69. The molecule has 0 amide bonds. The molecule has 0 unspecified atom stereocenters. The summed E-state index contributed by atoms with van der Waals surface area (Å²) in [6, 6.07) is 9.06. The van der Waals surface area contributed by atoms with Crippen molar-refractivity contribution in [1.82, 2.24) is 0 Å². The second-order valence-electron chi connectivity index (χ2n) is 6.01. The third-order valence-electron chi connectivity index (χ3n) is 4.24. The Balaban J connectivity index is 2.12. The van der Waals surface area contributed by atoms with Crippen molar-refractivity contribution in [2.75, 3.05) is 5.33 Å². The molecule has 0 N–H and O–H groups in total. The zero-order chi connectivity index (χ0) is 13.7. The van der Waals surface area contributed by atoms with Gasteiger partial charge in [0.25, 0.3) is 0 Å². The highest BCUT2D eigenvalue weighted by Crippen LogP contribution is 2.31. The van der Waals surface area contributed by atoms with Gasteiger partial charge in [-0.15, -0.1) is 0 Å². The fourth-order valence-electron chi connectivity index (χ4n) is 2.93. The maximum Gasteiger partial charge on any atom is 0.0247 e. The van der Waals surface area contributed by atoms with Crippen LogP contribution >= 0.6 is 15.9 Å². The van der Waals surface area contributed by atoms with Crippen LogP contribution in [-0.4, -0.2) is 5.33 Å². The number of hydrogen-bond acceptors (Lipinski definition) is 0. The van der Waals surface area contributed by atoms with E-state index in [9.17, 15) is 0 Å². The van der Waals surface area contributed by atoms with Crippen molar-refractivity contribution in [2.45, 2.75) is 51.9 Å². The Morgan fingerprint density at radius 3 is 2.32 bits per heavy atom. The fraction of sp³-hybridized carbons (Fsp3) is 0.556. The maximum absolute atomic E-state index is 3.68. The first-order chi connectivity index (χ1) is 9.20. The van der Waals surface area contributed by atoms with Gasteiger partial charge in [-0.05, 0) is 35.8 Å².